The Morgan fingerprint density at radius 3 is 2.89 bits per heavy atom. The summed E-state index contributed by atoms with van der Waals surface area (Å²) in [6, 6.07) is 11.7. The molecule has 90 valence electrons. The Bertz CT molecular complexity index is 617. The molecule has 0 aliphatic heterocycles. The zero-order valence-corrected chi connectivity index (χ0v) is 10.4. The molecular formula is C14H12N2OS. The van der Waals surface area contributed by atoms with Crippen LogP contribution in [0.2, 0.25) is 0 Å². The van der Waals surface area contributed by atoms with Gasteiger partial charge in [0.2, 0.25) is 0 Å². The summed E-state index contributed by atoms with van der Waals surface area (Å²) >= 11 is 1.56. The van der Waals surface area contributed by atoms with Crippen molar-refractivity contribution in [3.05, 3.63) is 70.9 Å². The van der Waals surface area contributed by atoms with Crippen molar-refractivity contribution in [2.75, 3.05) is 0 Å². The quantitative estimate of drug-likeness (QED) is 0.782. The van der Waals surface area contributed by atoms with Crippen LogP contribution >= 0.6 is 11.3 Å². The summed E-state index contributed by atoms with van der Waals surface area (Å²) in [5.41, 5.74) is 1.89. The van der Waals surface area contributed by atoms with Crippen molar-refractivity contribution >= 4 is 11.3 Å². The molecule has 0 saturated heterocycles. The fourth-order valence-electron chi connectivity index (χ4n) is 1.88. The maximum atomic E-state index is 10.3. The molecule has 0 spiro atoms. The normalized spacial score (nSPS) is 12.5. The number of aliphatic hydroxyl groups excluding tert-OH is 1. The minimum Gasteiger partial charge on any atom is -0.383 e. The van der Waals surface area contributed by atoms with Crippen molar-refractivity contribution in [1.29, 1.82) is 0 Å². The highest BCUT2D eigenvalue weighted by atomic mass is 32.1. The second kappa shape index (κ2) is 4.76. The molecule has 4 heteroatoms. The summed E-state index contributed by atoms with van der Waals surface area (Å²) in [5.74, 6) is 0. The van der Waals surface area contributed by atoms with Crippen molar-refractivity contribution in [3.8, 4) is 5.69 Å². The number of benzene rings is 1. The van der Waals surface area contributed by atoms with Gasteiger partial charge in [-0.2, -0.15) is 0 Å². The van der Waals surface area contributed by atoms with Crippen molar-refractivity contribution < 1.29 is 5.11 Å². The van der Waals surface area contributed by atoms with E-state index in [0.29, 0.717) is 0 Å². The number of aliphatic hydroxyl groups is 1. The van der Waals surface area contributed by atoms with Crippen molar-refractivity contribution in [2.45, 2.75) is 6.10 Å². The minimum absolute atomic E-state index is 0.562. The molecule has 1 atom stereocenters. The Kier molecular flexibility index (Phi) is 2.96. The fraction of sp³-hybridized carbons (Fsp3) is 0.0714. The van der Waals surface area contributed by atoms with Crippen LogP contribution in [0.25, 0.3) is 5.69 Å². The van der Waals surface area contributed by atoms with Gasteiger partial charge < -0.3 is 9.67 Å². The molecule has 3 nitrogen and oxygen atoms in total. The number of thiophene rings is 1. The minimum atomic E-state index is -0.562. The molecule has 2 aromatic heterocycles. The highest BCUT2D eigenvalue weighted by Gasteiger charge is 2.11. The number of rotatable bonds is 3. The van der Waals surface area contributed by atoms with E-state index in [1.54, 1.807) is 23.9 Å². The molecule has 18 heavy (non-hydrogen) atoms. The van der Waals surface area contributed by atoms with Crippen molar-refractivity contribution in [2.24, 2.45) is 0 Å². The number of hydrogen-bond donors (Lipinski definition) is 1. The summed E-state index contributed by atoms with van der Waals surface area (Å²) in [4.78, 5) is 4.98. The number of hydrogen-bond acceptors (Lipinski definition) is 3. The van der Waals surface area contributed by atoms with Crippen LogP contribution in [0.15, 0.2) is 60.5 Å². The van der Waals surface area contributed by atoms with E-state index < -0.39 is 6.10 Å². The zero-order chi connectivity index (χ0) is 12.4. The summed E-state index contributed by atoms with van der Waals surface area (Å²) in [5, 5.41) is 12.3. The predicted octanol–water partition coefficient (Wildman–Crippen LogP) is 3.02. The molecule has 0 fully saturated rings. The van der Waals surface area contributed by atoms with E-state index in [9.17, 15) is 5.11 Å². The zero-order valence-electron chi connectivity index (χ0n) is 9.60. The van der Waals surface area contributed by atoms with Crippen LogP contribution in [0, 0.1) is 0 Å². The highest BCUT2D eigenvalue weighted by Crippen LogP contribution is 2.26. The lowest BCUT2D eigenvalue weighted by atomic mass is 10.1. The van der Waals surface area contributed by atoms with Gasteiger partial charge in [-0.1, -0.05) is 18.2 Å². The molecule has 0 bridgehead atoms. The molecule has 2 heterocycles. The van der Waals surface area contributed by atoms with Gasteiger partial charge in [-0.15, -0.1) is 11.3 Å². The van der Waals surface area contributed by atoms with E-state index in [0.717, 1.165) is 16.1 Å². The second-order valence-corrected chi connectivity index (χ2v) is 4.96. The second-order valence-electron chi connectivity index (χ2n) is 3.98. The SMILES string of the molecule is OC(c1cccc(-n2ccnc2)c1)c1cccs1. The molecule has 3 rings (SSSR count). The van der Waals surface area contributed by atoms with E-state index in [1.807, 2.05) is 52.5 Å². The van der Waals surface area contributed by atoms with Crippen LogP contribution in [0.1, 0.15) is 16.5 Å². The van der Waals surface area contributed by atoms with Gasteiger partial charge in [0.1, 0.15) is 6.10 Å². The first-order valence-electron chi connectivity index (χ1n) is 5.64. The van der Waals surface area contributed by atoms with Crippen LogP contribution in [0.3, 0.4) is 0 Å². The largest absolute Gasteiger partial charge is 0.383 e. The third kappa shape index (κ3) is 2.08. The van der Waals surface area contributed by atoms with Gasteiger partial charge in [0, 0.05) is 23.0 Å². The molecule has 0 amide bonds. The molecular weight excluding hydrogens is 244 g/mol. The maximum absolute atomic E-state index is 10.3. The van der Waals surface area contributed by atoms with E-state index in [2.05, 4.69) is 4.98 Å². The Labute approximate surface area is 109 Å². The van der Waals surface area contributed by atoms with E-state index in [1.165, 1.54) is 0 Å². The Hall–Kier alpha value is -1.91. The lowest BCUT2D eigenvalue weighted by Crippen LogP contribution is -1.99. The molecule has 0 aliphatic rings. The Balaban J connectivity index is 1.96. The summed E-state index contributed by atoms with van der Waals surface area (Å²) in [6.07, 6.45) is 4.81. The van der Waals surface area contributed by atoms with Crippen molar-refractivity contribution in [3.63, 3.8) is 0 Å². The maximum Gasteiger partial charge on any atom is 0.113 e. The monoisotopic (exact) mass is 256 g/mol. The summed E-state index contributed by atoms with van der Waals surface area (Å²) < 4.78 is 1.92. The van der Waals surface area contributed by atoms with Crippen molar-refractivity contribution in [1.82, 2.24) is 9.55 Å². The molecule has 1 aromatic carbocycles. The molecule has 0 radical (unpaired) electrons. The lowest BCUT2D eigenvalue weighted by Gasteiger charge is -2.11. The predicted molar refractivity (Wildman–Crippen MR) is 71.9 cm³/mol. The number of aromatic nitrogens is 2. The molecule has 0 saturated carbocycles. The van der Waals surface area contributed by atoms with Crippen LogP contribution < -0.4 is 0 Å². The van der Waals surface area contributed by atoms with Crippen LogP contribution in [-0.2, 0) is 0 Å². The average Bonchev–Trinajstić information content (AvgIpc) is 3.11. The van der Waals surface area contributed by atoms with Gasteiger partial charge in [-0.3, -0.25) is 0 Å². The molecule has 1 unspecified atom stereocenters. The van der Waals surface area contributed by atoms with E-state index >= 15 is 0 Å². The van der Waals surface area contributed by atoms with Gasteiger partial charge >= 0.3 is 0 Å². The molecule has 3 aromatic rings. The van der Waals surface area contributed by atoms with Gasteiger partial charge in [-0.05, 0) is 29.1 Å². The lowest BCUT2D eigenvalue weighted by molar-refractivity contribution is 0.224. The van der Waals surface area contributed by atoms with Crippen LogP contribution in [-0.4, -0.2) is 14.7 Å². The van der Waals surface area contributed by atoms with E-state index in [-0.39, 0.29) is 0 Å². The third-order valence-corrected chi connectivity index (χ3v) is 3.73. The molecule has 1 N–H and O–H groups in total. The first kappa shape index (κ1) is 11.2. The number of imidazole rings is 1. The summed E-state index contributed by atoms with van der Waals surface area (Å²) in [6.45, 7) is 0. The van der Waals surface area contributed by atoms with Gasteiger partial charge in [0.15, 0.2) is 0 Å². The van der Waals surface area contributed by atoms with Gasteiger partial charge in [0.05, 0.1) is 6.33 Å². The van der Waals surface area contributed by atoms with Gasteiger partial charge in [-0.25, -0.2) is 4.98 Å². The average molecular weight is 256 g/mol. The van der Waals surface area contributed by atoms with Crippen LogP contribution in [0.5, 0.6) is 0 Å². The topological polar surface area (TPSA) is 38.0 Å². The first-order chi connectivity index (χ1) is 8.84. The first-order valence-corrected chi connectivity index (χ1v) is 6.52. The highest BCUT2D eigenvalue weighted by molar-refractivity contribution is 7.10. The number of nitrogens with zero attached hydrogens (tertiary/aromatic N) is 2. The van der Waals surface area contributed by atoms with E-state index in [4.69, 9.17) is 0 Å². The van der Waals surface area contributed by atoms with Crippen LogP contribution in [0.4, 0.5) is 0 Å². The smallest absolute Gasteiger partial charge is 0.113 e. The Morgan fingerprint density at radius 2 is 2.17 bits per heavy atom. The summed E-state index contributed by atoms with van der Waals surface area (Å²) in [7, 11) is 0. The Morgan fingerprint density at radius 1 is 1.22 bits per heavy atom. The standard InChI is InChI=1S/C14H12N2OS/c17-14(13-5-2-8-18-13)11-3-1-4-12(9-11)16-7-6-15-10-16/h1-10,14,17H. The molecule has 0 aliphatic carbocycles. The third-order valence-electron chi connectivity index (χ3n) is 2.80. The van der Waals surface area contributed by atoms with Gasteiger partial charge in [0.25, 0.3) is 0 Å². The fourth-order valence-corrected chi connectivity index (χ4v) is 2.61.